The maximum absolute atomic E-state index is 13.3. The van der Waals surface area contributed by atoms with Crippen LogP contribution in [0.4, 0.5) is 4.79 Å². The molecule has 2 aliphatic rings. The fourth-order valence-corrected chi connectivity index (χ4v) is 5.15. The first-order valence-electron chi connectivity index (χ1n) is 11.9. The van der Waals surface area contributed by atoms with Crippen molar-refractivity contribution in [2.75, 3.05) is 40.3 Å². The normalized spacial score (nSPS) is 22.0. The van der Waals surface area contributed by atoms with Gasteiger partial charge in [0.1, 0.15) is 12.6 Å². The Morgan fingerprint density at radius 3 is 2.20 bits per heavy atom. The van der Waals surface area contributed by atoms with Gasteiger partial charge in [-0.25, -0.2) is 4.79 Å². The molecule has 1 fully saturated rings. The van der Waals surface area contributed by atoms with Crippen LogP contribution in [0.5, 0.6) is 0 Å². The Hall–Kier alpha value is -3.39. The standard InChI is InChI=1S/C27H33N3O5/c1-17-13-30(16-27(17,2)25(32)33)24(31)23(14-29(3)4)28-26(34)35-15-22-20-11-7-5-9-18(20)19-10-6-8-12-21(19)22/h5-12,17,22-23H,13-16H2,1-4H3,(H,28,34)(H,32,33)/t17-,23?,27-/m1/s1. The van der Waals surface area contributed by atoms with Crippen molar-refractivity contribution in [3.63, 3.8) is 0 Å². The molecule has 2 amide bonds. The van der Waals surface area contributed by atoms with Gasteiger partial charge in [0.2, 0.25) is 5.91 Å². The Kier molecular flexibility index (Phi) is 6.85. The molecule has 1 saturated heterocycles. The van der Waals surface area contributed by atoms with E-state index in [1.807, 2.05) is 62.3 Å². The molecular formula is C27H33N3O5. The summed E-state index contributed by atoms with van der Waals surface area (Å²) in [7, 11) is 3.63. The minimum Gasteiger partial charge on any atom is -0.481 e. The van der Waals surface area contributed by atoms with E-state index in [1.165, 1.54) is 4.90 Å². The van der Waals surface area contributed by atoms with E-state index < -0.39 is 23.5 Å². The second-order valence-electron chi connectivity index (χ2n) is 10.1. The molecule has 1 unspecified atom stereocenters. The number of likely N-dealkylation sites (N-methyl/N-ethyl adjacent to an activating group) is 1. The number of carbonyl (C=O) groups is 3. The molecule has 8 nitrogen and oxygen atoms in total. The zero-order valence-electron chi connectivity index (χ0n) is 20.7. The van der Waals surface area contributed by atoms with Gasteiger partial charge in [0, 0.05) is 25.6 Å². The van der Waals surface area contributed by atoms with E-state index in [0.717, 1.165) is 22.3 Å². The third kappa shape index (κ3) is 4.75. The number of likely N-dealkylation sites (tertiary alicyclic amines) is 1. The van der Waals surface area contributed by atoms with E-state index in [9.17, 15) is 19.5 Å². The number of fused-ring (bicyclic) bond motifs is 3. The van der Waals surface area contributed by atoms with Crippen LogP contribution in [0.1, 0.15) is 30.9 Å². The van der Waals surface area contributed by atoms with Crippen LogP contribution in [0.2, 0.25) is 0 Å². The van der Waals surface area contributed by atoms with Crippen molar-refractivity contribution < 1.29 is 24.2 Å². The maximum Gasteiger partial charge on any atom is 0.407 e. The average Bonchev–Trinajstić information content (AvgIpc) is 3.31. The molecule has 2 aromatic carbocycles. The van der Waals surface area contributed by atoms with E-state index in [4.69, 9.17) is 4.74 Å². The van der Waals surface area contributed by atoms with Crippen LogP contribution in [0.25, 0.3) is 11.1 Å². The van der Waals surface area contributed by atoms with Gasteiger partial charge in [-0.2, -0.15) is 0 Å². The molecule has 2 N–H and O–H groups in total. The largest absolute Gasteiger partial charge is 0.481 e. The Balaban J connectivity index is 1.44. The topological polar surface area (TPSA) is 99.2 Å². The Morgan fingerprint density at radius 1 is 1.11 bits per heavy atom. The number of alkyl carbamates (subject to hydrolysis) is 1. The SMILES string of the molecule is C[C@@H]1CN(C(=O)C(CN(C)C)NC(=O)OCC2c3ccccc3-c3ccccc32)C[C@@]1(C)C(=O)O. The molecule has 0 aromatic heterocycles. The predicted molar refractivity (Wildman–Crippen MR) is 132 cm³/mol. The first kappa shape index (κ1) is 24.7. The Morgan fingerprint density at radius 2 is 1.69 bits per heavy atom. The Bertz CT molecular complexity index is 1090. The molecule has 35 heavy (non-hydrogen) atoms. The number of nitrogens with zero attached hydrogens (tertiary/aromatic N) is 2. The van der Waals surface area contributed by atoms with Crippen LogP contribution < -0.4 is 5.32 Å². The molecule has 4 rings (SSSR count). The summed E-state index contributed by atoms with van der Waals surface area (Å²) in [5.41, 5.74) is 3.50. The van der Waals surface area contributed by atoms with E-state index in [1.54, 1.807) is 6.92 Å². The summed E-state index contributed by atoms with van der Waals surface area (Å²) in [5, 5.41) is 12.4. The summed E-state index contributed by atoms with van der Waals surface area (Å²) in [6, 6.07) is 15.3. The van der Waals surface area contributed by atoms with Crippen LogP contribution in [0.15, 0.2) is 48.5 Å². The zero-order chi connectivity index (χ0) is 25.3. The third-order valence-corrected chi connectivity index (χ3v) is 7.38. The lowest BCUT2D eigenvalue weighted by molar-refractivity contribution is -0.149. The molecule has 1 aliphatic carbocycles. The van der Waals surface area contributed by atoms with Gasteiger partial charge in [-0.1, -0.05) is 55.5 Å². The number of hydrogen-bond donors (Lipinski definition) is 2. The van der Waals surface area contributed by atoms with E-state index in [2.05, 4.69) is 17.4 Å². The third-order valence-electron chi connectivity index (χ3n) is 7.38. The highest BCUT2D eigenvalue weighted by atomic mass is 16.5. The second-order valence-corrected chi connectivity index (χ2v) is 10.1. The van der Waals surface area contributed by atoms with Crippen molar-refractivity contribution in [2.45, 2.75) is 25.8 Å². The van der Waals surface area contributed by atoms with Crippen molar-refractivity contribution in [2.24, 2.45) is 11.3 Å². The number of aliphatic carboxylic acids is 1. The molecular weight excluding hydrogens is 446 g/mol. The van der Waals surface area contributed by atoms with Crippen LogP contribution in [0, 0.1) is 11.3 Å². The lowest BCUT2D eigenvalue weighted by atomic mass is 9.81. The molecule has 0 radical (unpaired) electrons. The minimum atomic E-state index is -1.01. The van der Waals surface area contributed by atoms with Crippen LogP contribution >= 0.6 is 0 Å². The maximum atomic E-state index is 13.3. The fourth-order valence-electron chi connectivity index (χ4n) is 5.15. The van der Waals surface area contributed by atoms with Crippen LogP contribution in [-0.4, -0.2) is 79.3 Å². The molecule has 3 atom stereocenters. The summed E-state index contributed by atoms with van der Waals surface area (Å²) in [4.78, 5) is 41.2. The minimum absolute atomic E-state index is 0.0770. The summed E-state index contributed by atoms with van der Waals surface area (Å²) in [6.07, 6.45) is -0.666. The lowest BCUT2D eigenvalue weighted by Gasteiger charge is -2.27. The van der Waals surface area contributed by atoms with E-state index in [0.29, 0.717) is 6.54 Å². The van der Waals surface area contributed by atoms with Gasteiger partial charge in [0.05, 0.1) is 5.41 Å². The summed E-state index contributed by atoms with van der Waals surface area (Å²) < 4.78 is 5.63. The smallest absolute Gasteiger partial charge is 0.407 e. The quantitative estimate of drug-likeness (QED) is 0.633. The van der Waals surface area contributed by atoms with Gasteiger partial charge < -0.3 is 25.0 Å². The van der Waals surface area contributed by atoms with Crippen LogP contribution in [-0.2, 0) is 14.3 Å². The number of rotatable bonds is 7. The van der Waals surface area contributed by atoms with Gasteiger partial charge >= 0.3 is 12.1 Å². The van der Waals surface area contributed by atoms with Gasteiger partial charge in [-0.15, -0.1) is 0 Å². The van der Waals surface area contributed by atoms with Crippen LogP contribution in [0.3, 0.4) is 0 Å². The van der Waals surface area contributed by atoms with E-state index in [-0.39, 0.29) is 37.4 Å². The second kappa shape index (κ2) is 9.70. The van der Waals surface area contributed by atoms with Gasteiger partial charge in [0.25, 0.3) is 0 Å². The van der Waals surface area contributed by atoms with Gasteiger partial charge in [-0.05, 0) is 49.2 Å². The first-order valence-corrected chi connectivity index (χ1v) is 11.9. The van der Waals surface area contributed by atoms with Crippen molar-refractivity contribution in [3.05, 3.63) is 59.7 Å². The molecule has 1 aliphatic heterocycles. The van der Waals surface area contributed by atoms with Crippen molar-refractivity contribution >= 4 is 18.0 Å². The lowest BCUT2D eigenvalue weighted by Crippen LogP contribution is -2.53. The Labute approximate surface area is 205 Å². The highest BCUT2D eigenvalue weighted by molar-refractivity contribution is 5.87. The van der Waals surface area contributed by atoms with Crippen molar-refractivity contribution in [3.8, 4) is 11.1 Å². The highest BCUT2D eigenvalue weighted by Gasteiger charge is 2.48. The van der Waals surface area contributed by atoms with Crippen molar-refractivity contribution in [1.82, 2.24) is 15.1 Å². The zero-order valence-corrected chi connectivity index (χ0v) is 20.7. The molecule has 0 spiro atoms. The van der Waals surface area contributed by atoms with Gasteiger partial charge in [-0.3, -0.25) is 9.59 Å². The number of nitrogens with one attached hydrogen (secondary N) is 1. The molecule has 186 valence electrons. The summed E-state index contributed by atoms with van der Waals surface area (Å²) in [6.45, 7) is 4.36. The highest BCUT2D eigenvalue weighted by Crippen LogP contribution is 2.44. The molecule has 0 saturated carbocycles. The number of carbonyl (C=O) groups excluding carboxylic acids is 2. The monoisotopic (exact) mass is 479 g/mol. The average molecular weight is 480 g/mol. The number of ether oxygens (including phenoxy) is 1. The van der Waals surface area contributed by atoms with E-state index >= 15 is 0 Å². The van der Waals surface area contributed by atoms with Gasteiger partial charge in [0.15, 0.2) is 0 Å². The molecule has 1 heterocycles. The first-order chi connectivity index (χ1) is 16.6. The number of amides is 2. The number of benzene rings is 2. The molecule has 8 heteroatoms. The predicted octanol–water partition coefficient (Wildman–Crippen LogP) is 3.02. The summed E-state index contributed by atoms with van der Waals surface area (Å²) in [5.74, 6) is -1.50. The summed E-state index contributed by atoms with van der Waals surface area (Å²) >= 11 is 0. The number of hydrogen-bond acceptors (Lipinski definition) is 5. The van der Waals surface area contributed by atoms with Crippen molar-refractivity contribution in [1.29, 1.82) is 0 Å². The number of carboxylic acid groups (broad SMARTS) is 1. The fraction of sp³-hybridized carbons (Fsp3) is 0.444. The molecule has 2 aromatic rings. The number of carboxylic acids is 1. The molecule has 0 bridgehead atoms.